The zero-order chi connectivity index (χ0) is 18.6. The average molecular weight is 370 g/mol. The second-order valence-corrected chi connectivity index (χ2v) is 7.63. The fourth-order valence-electron chi connectivity index (χ4n) is 2.83. The highest BCUT2D eigenvalue weighted by molar-refractivity contribution is 7.89. The predicted molar refractivity (Wildman–Crippen MR) is 89.8 cm³/mol. The van der Waals surface area contributed by atoms with Gasteiger partial charge in [-0.15, -0.1) is 0 Å². The molecule has 25 heavy (non-hydrogen) atoms. The number of benzene rings is 1. The Morgan fingerprint density at radius 1 is 1.28 bits per heavy atom. The third-order valence-corrected chi connectivity index (χ3v) is 5.82. The second kappa shape index (κ2) is 7.94. The summed E-state index contributed by atoms with van der Waals surface area (Å²) in [6.07, 6.45) is 1.14. The highest BCUT2D eigenvalue weighted by atomic mass is 32.2. The highest BCUT2D eigenvalue weighted by Crippen LogP contribution is 2.27. The molecule has 1 aromatic carbocycles. The Morgan fingerprint density at radius 3 is 2.36 bits per heavy atom. The van der Waals surface area contributed by atoms with Crippen molar-refractivity contribution in [2.45, 2.75) is 36.7 Å². The number of hydrogen-bond acceptors (Lipinski definition) is 6. The number of methoxy groups -OCH3 is 1. The average Bonchev–Trinajstić information content (AvgIpc) is 2.55. The standard InChI is InChI=1S/C16H22N2O6S/c1-3-18(10-15(19)20)13-8-12(9-13)17-25(22,23)14-6-4-11(5-7-14)16(21)24-2/h4-7,12-13,17H,3,8-10H2,1-2H3,(H,19,20). The van der Waals surface area contributed by atoms with Crippen molar-refractivity contribution in [3.05, 3.63) is 29.8 Å². The Hall–Kier alpha value is -1.97. The van der Waals surface area contributed by atoms with Crippen molar-refractivity contribution in [3.8, 4) is 0 Å². The van der Waals surface area contributed by atoms with E-state index in [1.807, 2.05) is 11.8 Å². The van der Waals surface area contributed by atoms with E-state index in [9.17, 15) is 18.0 Å². The minimum Gasteiger partial charge on any atom is -0.480 e. The lowest BCUT2D eigenvalue weighted by molar-refractivity contribution is -0.139. The second-order valence-electron chi connectivity index (χ2n) is 5.92. The highest BCUT2D eigenvalue weighted by Gasteiger charge is 2.36. The van der Waals surface area contributed by atoms with E-state index >= 15 is 0 Å². The molecule has 0 bridgehead atoms. The maximum Gasteiger partial charge on any atom is 0.337 e. The SMILES string of the molecule is CCN(CC(=O)O)C1CC(NS(=O)(=O)c2ccc(C(=O)OC)cc2)C1. The summed E-state index contributed by atoms with van der Waals surface area (Å²) >= 11 is 0. The maximum absolute atomic E-state index is 12.4. The summed E-state index contributed by atoms with van der Waals surface area (Å²) < 4.78 is 31.9. The molecule has 1 aliphatic rings. The molecule has 2 rings (SSSR count). The third-order valence-electron chi connectivity index (χ3n) is 4.28. The van der Waals surface area contributed by atoms with Crippen LogP contribution < -0.4 is 4.72 Å². The number of rotatable bonds is 8. The lowest BCUT2D eigenvalue weighted by Gasteiger charge is -2.42. The van der Waals surface area contributed by atoms with Gasteiger partial charge in [0.2, 0.25) is 10.0 Å². The van der Waals surface area contributed by atoms with Crippen LogP contribution in [0.15, 0.2) is 29.2 Å². The summed E-state index contributed by atoms with van der Waals surface area (Å²) in [5.41, 5.74) is 0.275. The number of likely N-dealkylation sites (N-methyl/N-ethyl adjacent to an activating group) is 1. The first kappa shape index (κ1) is 19.4. The smallest absolute Gasteiger partial charge is 0.337 e. The first-order valence-electron chi connectivity index (χ1n) is 7.93. The molecule has 0 heterocycles. The summed E-state index contributed by atoms with van der Waals surface area (Å²) in [4.78, 5) is 24.1. The Labute approximate surface area is 146 Å². The van der Waals surface area contributed by atoms with Gasteiger partial charge in [-0.3, -0.25) is 9.69 Å². The van der Waals surface area contributed by atoms with Crippen LogP contribution in [-0.4, -0.2) is 62.6 Å². The number of esters is 1. The van der Waals surface area contributed by atoms with Gasteiger partial charge < -0.3 is 9.84 Å². The summed E-state index contributed by atoms with van der Waals surface area (Å²) in [5.74, 6) is -1.42. The lowest BCUT2D eigenvalue weighted by Crippen LogP contribution is -2.54. The number of sulfonamides is 1. The van der Waals surface area contributed by atoms with Crippen LogP contribution in [0.5, 0.6) is 0 Å². The van der Waals surface area contributed by atoms with Gasteiger partial charge in [0.1, 0.15) is 0 Å². The summed E-state index contributed by atoms with van der Waals surface area (Å²) in [5, 5.41) is 8.88. The molecule has 1 aliphatic carbocycles. The van der Waals surface area contributed by atoms with Crippen molar-refractivity contribution >= 4 is 22.0 Å². The predicted octanol–water partition coefficient (Wildman–Crippen LogP) is 0.689. The molecule has 0 spiro atoms. The van der Waals surface area contributed by atoms with Gasteiger partial charge in [-0.25, -0.2) is 17.9 Å². The fourth-order valence-corrected chi connectivity index (χ4v) is 4.09. The van der Waals surface area contributed by atoms with Gasteiger partial charge in [-0.1, -0.05) is 6.92 Å². The van der Waals surface area contributed by atoms with Crippen LogP contribution in [0.1, 0.15) is 30.1 Å². The minimum absolute atomic E-state index is 0.0460. The monoisotopic (exact) mass is 370 g/mol. The number of carboxylic acids is 1. The summed E-state index contributed by atoms with van der Waals surface area (Å²) in [6.45, 7) is 2.43. The molecule has 0 amide bonds. The Bertz CT molecular complexity index is 725. The van der Waals surface area contributed by atoms with Crippen molar-refractivity contribution in [1.29, 1.82) is 0 Å². The van der Waals surface area contributed by atoms with Crippen LogP contribution in [0.4, 0.5) is 0 Å². The molecule has 0 aliphatic heterocycles. The van der Waals surface area contributed by atoms with E-state index in [4.69, 9.17) is 5.11 Å². The van der Waals surface area contributed by atoms with Gasteiger partial charge in [0.05, 0.1) is 24.1 Å². The molecule has 1 saturated carbocycles. The van der Waals surface area contributed by atoms with Gasteiger partial charge >= 0.3 is 11.9 Å². The number of hydrogen-bond donors (Lipinski definition) is 2. The maximum atomic E-state index is 12.4. The zero-order valence-corrected chi connectivity index (χ0v) is 15.0. The van der Waals surface area contributed by atoms with Gasteiger partial charge in [0.25, 0.3) is 0 Å². The van der Waals surface area contributed by atoms with Crippen molar-refractivity contribution in [1.82, 2.24) is 9.62 Å². The summed E-state index contributed by atoms with van der Waals surface area (Å²) in [6, 6.07) is 5.35. The first-order chi connectivity index (χ1) is 11.8. The van der Waals surface area contributed by atoms with Gasteiger partial charge in [0.15, 0.2) is 0 Å². The van der Waals surface area contributed by atoms with Crippen LogP contribution >= 0.6 is 0 Å². The van der Waals surface area contributed by atoms with Crippen molar-refractivity contribution in [2.24, 2.45) is 0 Å². The molecule has 2 N–H and O–H groups in total. The molecule has 0 unspecified atom stereocenters. The quantitative estimate of drug-likeness (QED) is 0.647. The number of aliphatic carboxylic acids is 1. The van der Waals surface area contributed by atoms with E-state index < -0.39 is 22.0 Å². The van der Waals surface area contributed by atoms with E-state index in [0.717, 1.165) is 0 Å². The summed E-state index contributed by atoms with van der Waals surface area (Å²) in [7, 11) is -2.43. The third kappa shape index (κ3) is 4.77. The molecular weight excluding hydrogens is 348 g/mol. The van der Waals surface area contributed by atoms with Gasteiger partial charge in [0, 0.05) is 12.1 Å². The number of carbonyl (C=O) groups excluding carboxylic acids is 1. The van der Waals surface area contributed by atoms with E-state index in [1.165, 1.54) is 31.4 Å². The van der Waals surface area contributed by atoms with Gasteiger partial charge in [-0.05, 0) is 43.7 Å². The molecule has 138 valence electrons. The Morgan fingerprint density at radius 2 is 1.88 bits per heavy atom. The Kier molecular flexibility index (Phi) is 6.15. The van der Waals surface area contributed by atoms with E-state index in [-0.39, 0.29) is 29.1 Å². The van der Waals surface area contributed by atoms with Crippen LogP contribution in [-0.2, 0) is 19.6 Å². The van der Waals surface area contributed by atoms with Crippen LogP contribution in [0.3, 0.4) is 0 Å². The van der Waals surface area contributed by atoms with Crippen LogP contribution in [0, 0.1) is 0 Å². The normalized spacial score (nSPS) is 20.1. The number of ether oxygens (including phenoxy) is 1. The number of carboxylic acid groups (broad SMARTS) is 1. The molecule has 8 nitrogen and oxygen atoms in total. The van der Waals surface area contributed by atoms with Crippen molar-refractivity contribution < 1.29 is 27.9 Å². The van der Waals surface area contributed by atoms with Crippen molar-refractivity contribution in [2.75, 3.05) is 20.2 Å². The van der Waals surface area contributed by atoms with E-state index in [0.29, 0.717) is 19.4 Å². The number of nitrogens with one attached hydrogen (secondary N) is 1. The fraction of sp³-hybridized carbons (Fsp3) is 0.500. The largest absolute Gasteiger partial charge is 0.480 e. The van der Waals surface area contributed by atoms with E-state index in [2.05, 4.69) is 9.46 Å². The Balaban J connectivity index is 1.94. The molecular formula is C16H22N2O6S. The lowest BCUT2D eigenvalue weighted by atomic mass is 9.86. The molecule has 0 atom stereocenters. The molecule has 0 aromatic heterocycles. The number of nitrogens with zero attached hydrogens (tertiary/aromatic N) is 1. The van der Waals surface area contributed by atoms with Crippen molar-refractivity contribution in [3.63, 3.8) is 0 Å². The van der Waals surface area contributed by atoms with Crippen LogP contribution in [0.25, 0.3) is 0 Å². The van der Waals surface area contributed by atoms with Crippen LogP contribution in [0.2, 0.25) is 0 Å². The number of carbonyl (C=O) groups is 2. The molecule has 0 radical (unpaired) electrons. The zero-order valence-electron chi connectivity index (χ0n) is 14.1. The molecule has 0 saturated heterocycles. The minimum atomic E-state index is -3.69. The molecule has 1 aromatic rings. The molecule has 9 heteroatoms. The first-order valence-corrected chi connectivity index (χ1v) is 9.41. The molecule has 1 fully saturated rings. The van der Waals surface area contributed by atoms with Gasteiger partial charge in [-0.2, -0.15) is 0 Å². The van der Waals surface area contributed by atoms with E-state index in [1.54, 1.807) is 0 Å². The topological polar surface area (TPSA) is 113 Å².